The van der Waals surface area contributed by atoms with Gasteiger partial charge in [-0.1, -0.05) is 45.6 Å². The highest BCUT2D eigenvalue weighted by Gasteiger charge is 2.71. The van der Waals surface area contributed by atoms with Gasteiger partial charge in [-0.25, -0.2) is 19.2 Å². The quantitative estimate of drug-likeness (QED) is 0.158. The average Bonchev–Trinajstić information content (AvgIpc) is 3.91. The van der Waals surface area contributed by atoms with Crippen LogP contribution in [0.3, 0.4) is 0 Å². The van der Waals surface area contributed by atoms with Crippen molar-refractivity contribution in [2.45, 2.75) is 134 Å². The van der Waals surface area contributed by atoms with Crippen LogP contribution in [-0.4, -0.2) is 142 Å². The summed E-state index contributed by atoms with van der Waals surface area (Å²) < 4.78 is 48.7. The van der Waals surface area contributed by atoms with Crippen LogP contribution in [-0.2, 0) is 42.9 Å². The SMILES string of the molecule is C=CCN1CC2(C)C(=O)[C@H](C)C[C@](C)(OCC#Cc3ccc(-c4ncccn4)s3)[C@H](O[C@@H]3O[C@H](C)C[C@H](N(C)C)[C@H]3O)[C@@H](C)C(=O)[C@](C)(F)C(=O)O[C@@H](CC)[C@@]3(C)OC(=O)C1C23. The van der Waals surface area contributed by atoms with Crippen molar-refractivity contribution < 1.29 is 52.4 Å². The molecule has 4 saturated heterocycles. The number of Topliss-reactive ketones (excluding diaryl/α,β-unsaturated/α-hetero) is 2. The highest BCUT2D eigenvalue weighted by atomic mass is 32.1. The predicted molar refractivity (Wildman–Crippen MR) is 228 cm³/mol. The predicted octanol–water partition coefficient (Wildman–Crippen LogP) is 4.82. The van der Waals surface area contributed by atoms with Crippen LogP contribution in [0.1, 0.15) is 79.5 Å². The van der Waals surface area contributed by atoms with E-state index in [0.29, 0.717) is 17.1 Å². The second kappa shape index (κ2) is 18.3. The fourth-order valence-electron chi connectivity index (χ4n) is 10.5. The largest absolute Gasteiger partial charge is 0.455 e. The molecule has 2 aromatic rings. The number of carbonyl (C=O) groups is 4. The normalized spacial score (nSPS) is 39.4. The number of aliphatic hydroxyl groups excluding tert-OH is 1. The maximum Gasteiger partial charge on any atom is 0.351 e. The number of likely N-dealkylation sites (tertiary alicyclic amines) is 1. The van der Waals surface area contributed by atoms with E-state index in [2.05, 4.69) is 28.4 Å². The summed E-state index contributed by atoms with van der Waals surface area (Å²) in [7, 11) is 3.64. The van der Waals surface area contributed by atoms with Gasteiger partial charge in [0.1, 0.15) is 30.6 Å². The Bertz CT molecular complexity index is 2070. The van der Waals surface area contributed by atoms with Gasteiger partial charge >= 0.3 is 11.9 Å². The first-order valence-corrected chi connectivity index (χ1v) is 22.2. The Labute approximate surface area is 367 Å². The van der Waals surface area contributed by atoms with Gasteiger partial charge in [0.2, 0.25) is 0 Å². The van der Waals surface area contributed by atoms with Gasteiger partial charge in [-0.2, -0.15) is 0 Å². The van der Waals surface area contributed by atoms with E-state index in [4.69, 9.17) is 23.7 Å². The van der Waals surface area contributed by atoms with Gasteiger partial charge in [0.15, 0.2) is 23.5 Å². The third-order valence-electron chi connectivity index (χ3n) is 13.4. The van der Waals surface area contributed by atoms with E-state index >= 15 is 9.18 Å². The first-order chi connectivity index (χ1) is 29.1. The zero-order chi connectivity index (χ0) is 45.5. The number of thiophene rings is 1. The van der Waals surface area contributed by atoms with Crippen LogP contribution in [0, 0.1) is 35.0 Å². The number of alkyl halides is 1. The molecule has 0 amide bonds. The van der Waals surface area contributed by atoms with Crippen molar-refractivity contribution in [3.63, 3.8) is 0 Å². The van der Waals surface area contributed by atoms with Crippen molar-refractivity contribution in [3.8, 4) is 22.5 Å². The number of ether oxygens (including phenoxy) is 5. The molecule has 6 heterocycles. The number of nitrogens with zero attached hydrogens (tertiary/aromatic N) is 4. The monoisotopic (exact) mass is 880 g/mol. The highest BCUT2D eigenvalue weighted by molar-refractivity contribution is 7.15. The van der Waals surface area contributed by atoms with E-state index in [1.165, 1.54) is 18.3 Å². The fourth-order valence-corrected chi connectivity index (χ4v) is 11.3. The van der Waals surface area contributed by atoms with Crippen molar-refractivity contribution in [1.29, 1.82) is 0 Å². The molecular weight excluding hydrogens is 820 g/mol. The van der Waals surface area contributed by atoms with Crippen LogP contribution in [0.5, 0.6) is 0 Å². The van der Waals surface area contributed by atoms with Crippen LogP contribution in [0.15, 0.2) is 43.2 Å². The molecule has 6 rings (SSSR count). The van der Waals surface area contributed by atoms with Crippen molar-refractivity contribution in [2.75, 3.05) is 33.8 Å². The van der Waals surface area contributed by atoms with Crippen molar-refractivity contribution in [1.82, 2.24) is 19.8 Å². The van der Waals surface area contributed by atoms with E-state index in [9.17, 15) is 19.5 Å². The minimum absolute atomic E-state index is 0.0790. The lowest BCUT2D eigenvalue weighted by atomic mass is 9.62. The van der Waals surface area contributed by atoms with Gasteiger partial charge in [-0.3, -0.25) is 19.3 Å². The molecule has 62 heavy (non-hydrogen) atoms. The summed E-state index contributed by atoms with van der Waals surface area (Å²) >= 11 is 1.39. The number of carbonyl (C=O) groups excluding carboxylic acids is 4. The summed E-state index contributed by atoms with van der Waals surface area (Å²) in [6, 6.07) is 4.13. The van der Waals surface area contributed by atoms with Crippen LogP contribution in [0.2, 0.25) is 0 Å². The second-order valence-electron chi connectivity index (χ2n) is 18.4. The number of ketones is 2. The summed E-state index contributed by atoms with van der Waals surface area (Å²) in [6.45, 7) is 16.7. The number of hydrogen-bond donors (Lipinski definition) is 1. The summed E-state index contributed by atoms with van der Waals surface area (Å²) in [5.41, 5.74) is -7.67. The van der Waals surface area contributed by atoms with Crippen molar-refractivity contribution in [3.05, 3.63) is 48.1 Å². The Morgan fingerprint density at radius 3 is 2.44 bits per heavy atom. The molecule has 4 aliphatic rings. The van der Waals surface area contributed by atoms with Crippen molar-refractivity contribution >= 4 is 34.8 Å². The molecular formula is C46H61FN4O10S. The lowest BCUT2D eigenvalue weighted by Gasteiger charge is -2.48. The number of rotatable bonds is 9. The van der Waals surface area contributed by atoms with E-state index < -0.39 is 94.4 Å². The summed E-state index contributed by atoms with van der Waals surface area (Å²) in [4.78, 5) is 71.7. The maximum absolute atomic E-state index is 17.2. The third-order valence-corrected chi connectivity index (χ3v) is 14.4. The number of halogens is 1. The number of aliphatic hydroxyl groups is 1. The Balaban J connectivity index is 1.46. The number of cyclic esters (lactones) is 1. The molecule has 4 aliphatic heterocycles. The second-order valence-corrected chi connectivity index (χ2v) is 19.4. The Kier molecular flexibility index (Phi) is 14.0. The maximum atomic E-state index is 17.2. The molecule has 0 radical (unpaired) electrons. The Morgan fingerprint density at radius 1 is 1.10 bits per heavy atom. The highest BCUT2D eigenvalue weighted by Crippen LogP contribution is 2.56. The van der Waals surface area contributed by atoms with Crippen LogP contribution in [0.4, 0.5) is 4.39 Å². The zero-order valence-electron chi connectivity index (χ0n) is 37.4. The van der Waals surface area contributed by atoms with Gasteiger partial charge in [0.05, 0.1) is 27.6 Å². The van der Waals surface area contributed by atoms with Crippen molar-refractivity contribution in [2.24, 2.45) is 23.2 Å². The molecule has 14 nitrogen and oxygen atoms in total. The molecule has 338 valence electrons. The molecule has 0 spiro atoms. The van der Waals surface area contributed by atoms with Gasteiger partial charge in [-0.15, -0.1) is 17.9 Å². The minimum atomic E-state index is -3.22. The lowest BCUT2D eigenvalue weighted by molar-refractivity contribution is -0.296. The molecule has 0 saturated carbocycles. The van der Waals surface area contributed by atoms with Gasteiger partial charge in [0.25, 0.3) is 5.67 Å². The molecule has 16 heteroatoms. The standard InChI is InChI=1S/C46H61FN4O10S/c1-12-21-51-25-43(6)35-33(51)40(55)61-46(35,9)32(13-2)59-42(56)45(8,47)37(54)28(5)38(60-41-34(52)30(50(10)11)23-27(4)58-41)44(7,24-26(3)36(43)53)57-22-14-16-29-17-18-31(62-29)39-48-19-15-20-49-39/h12,15,17-20,26-28,30,32-35,38,41,52H,1,13,21-25H2,2-11H3/t26-,27-,28+,30+,32+,33?,34-,35?,38-,41+,43?,44+,45+,46-/m1/s1. The van der Waals surface area contributed by atoms with Crippen LogP contribution < -0.4 is 0 Å². The molecule has 2 aromatic heterocycles. The molecule has 4 fully saturated rings. The summed E-state index contributed by atoms with van der Waals surface area (Å²) in [5, 5.41) is 11.7. The summed E-state index contributed by atoms with van der Waals surface area (Å²) in [5.74, 6) is 0.149. The fraction of sp³-hybridized carbons (Fsp3) is 0.652. The zero-order valence-corrected chi connectivity index (χ0v) is 38.2. The molecule has 0 aromatic carbocycles. The van der Waals surface area contributed by atoms with Gasteiger partial charge in [0, 0.05) is 54.7 Å². The Morgan fingerprint density at radius 2 is 1.79 bits per heavy atom. The van der Waals surface area contributed by atoms with Crippen LogP contribution in [0.25, 0.3) is 10.7 Å². The van der Waals surface area contributed by atoms with E-state index in [1.54, 1.807) is 59.2 Å². The van der Waals surface area contributed by atoms with E-state index in [1.807, 2.05) is 43.0 Å². The number of hydrogen-bond acceptors (Lipinski definition) is 15. The molecule has 3 unspecified atom stereocenters. The smallest absolute Gasteiger partial charge is 0.351 e. The number of likely N-dealkylation sites (N-methyl/N-ethyl adjacent to an activating group) is 1. The number of esters is 2. The molecule has 1 N–H and O–H groups in total. The van der Waals surface area contributed by atoms with Gasteiger partial charge < -0.3 is 33.7 Å². The molecule has 0 bridgehead atoms. The minimum Gasteiger partial charge on any atom is -0.455 e. The van der Waals surface area contributed by atoms with E-state index in [-0.39, 0.29) is 44.4 Å². The average molecular weight is 881 g/mol. The molecule has 14 atom stereocenters. The van der Waals surface area contributed by atoms with Crippen LogP contribution >= 0.6 is 11.3 Å². The Hall–Kier alpha value is -3.95. The van der Waals surface area contributed by atoms with Gasteiger partial charge in [-0.05, 0) is 79.3 Å². The lowest BCUT2D eigenvalue weighted by Crippen LogP contribution is -2.61. The van der Waals surface area contributed by atoms with E-state index in [0.717, 1.165) is 11.8 Å². The summed E-state index contributed by atoms with van der Waals surface area (Å²) in [6.07, 6.45) is -0.107. The first kappa shape index (κ1) is 47.5. The topological polar surface area (TPSA) is 167 Å². The number of aromatic nitrogens is 2. The third kappa shape index (κ3) is 8.79. The molecule has 0 aliphatic carbocycles. The first-order valence-electron chi connectivity index (χ1n) is 21.3.